The van der Waals surface area contributed by atoms with E-state index >= 15 is 0 Å². The zero-order chi connectivity index (χ0) is 15.2. The van der Waals surface area contributed by atoms with E-state index in [0.29, 0.717) is 0 Å². The first-order valence-corrected chi connectivity index (χ1v) is 9.13. The number of benzene rings is 1. The monoisotopic (exact) mass is 297 g/mol. The van der Waals surface area contributed by atoms with Crippen LogP contribution in [0, 0.1) is 6.92 Å². The molecule has 2 heteroatoms. The number of fused-ring (bicyclic) bond motifs is 3. The molecule has 2 aliphatic carbocycles. The lowest BCUT2D eigenvalue weighted by Crippen LogP contribution is -2.99. The molecule has 3 N–H and O–H groups in total. The molecule has 4 rings (SSSR count). The molecule has 0 radical (unpaired) electrons. The molecule has 0 saturated heterocycles. The molecule has 2 aliphatic rings. The third-order valence-corrected chi connectivity index (χ3v) is 6.01. The average molecular weight is 297 g/mol. The predicted molar refractivity (Wildman–Crippen MR) is 92.1 cm³/mol. The Morgan fingerprint density at radius 2 is 1.95 bits per heavy atom. The van der Waals surface area contributed by atoms with Gasteiger partial charge in [-0.3, -0.25) is 0 Å². The number of hydrogen-bond donors (Lipinski definition) is 2. The number of H-pyrrole nitrogens is 1. The molecule has 0 spiro atoms. The molecule has 2 nitrogen and oxygen atoms in total. The summed E-state index contributed by atoms with van der Waals surface area (Å²) in [6.45, 7) is 4.68. The van der Waals surface area contributed by atoms with Crippen LogP contribution in [0.3, 0.4) is 0 Å². The standard InChI is InChI=1S/C20H28N2/c1-14-10-11-18-17(13-14)16-9-6-12-20(2,19(16)21-18)22-15-7-4-3-5-8-15/h10-11,13,15,21-22H,3-9,12H2,1-2H3/p+1/t20-/m1/s1. The second-order valence-corrected chi connectivity index (χ2v) is 7.86. The Hall–Kier alpha value is -1.28. The fourth-order valence-corrected chi connectivity index (χ4v) is 4.85. The van der Waals surface area contributed by atoms with Gasteiger partial charge in [-0.15, -0.1) is 0 Å². The van der Waals surface area contributed by atoms with E-state index in [1.54, 1.807) is 5.56 Å². The van der Waals surface area contributed by atoms with Crippen LogP contribution in [0.4, 0.5) is 0 Å². The molecule has 1 aromatic heterocycles. The molecule has 22 heavy (non-hydrogen) atoms. The molecular weight excluding hydrogens is 268 g/mol. The lowest BCUT2D eigenvalue weighted by Gasteiger charge is -2.36. The first-order valence-electron chi connectivity index (χ1n) is 9.13. The zero-order valence-electron chi connectivity index (χ0n) is 14.0. The molecule has 1 atom stereocenters. The summed E-state index contributed by atoms with van der Waals surface area (Å²) in [6.07, 6.45) is 11.0. The number of rotatable bonds is 2. The van der Waals surface area contributed by atoms with Crippen LogP contribution in [0.25, 0.3) is 10.9 Å². The van der Waals surface area contributed by atoms with Gasteiger partial charge in [0.1, 0.15) is 5.54 Å². The maximum Gasteiger partial charge on any atom is 0.134 e. The highest BCUT2D eigenvalue weighted by Gasteiger charge is 2.40. The number of aromatic amines is 1. The van der Waals surface area contributed by atoms with Crippen molar-refractivity contribution in [1.82, 2.24) is 4.98 Å². The van der Waals surface area contributed by atoms with E-state index in [9.17, 15) is 0 Å². The van der Waals surface area contributed by atoms with E-state index in [1.807, 2.05) is 0 Å². The number of hydrogen-bond acceptors (Lipinski definition) is 0. The van der Waals surface area contributed by atoms with Crippen LogP contribution in [0.15, 0.2) is 18.2 Å². The Labute approximate surface area is 133 Å². The summed E-state index contributed by atoms with van der Waals surface area (Å²) in [5.41, 5.74) is 6.07. The fourth-order valence-electron chi connectivity index (χ4n) is 4.85. The smallest absolute Gasteiger partial charge is 0.134 e. The second-order valence-electron chi connectivity index (χ2n) is 7.86. The second kappa shape index (κ2) is 5.42. The fraction of sp³-hybridized carbons (Fsp3) is 0.600. The van der Waals surface area contributed by atoms with Gasteiger partial charge in [0.2, 0.25) is 0 Å². The lowest BCUT2D eigenvalue weighted by molar-refractivity contribution is -0.766. The van der Waals surface area contributed by atoms with Crippen LogP contribution < -0.4 is 5.32 Å². The van der Waals surface area contributed by atoms with E-state index in [2.05, 4.69) is 42.3 Å². The van der Waals surface area contributed by atoms with Gasteiger partial charge in [0.15, 0.2) is 0 Å². The molecule has 118 valence electrons. The average Bonchev–Trinajstić information content (AvgIpc) is 2.88. The van der Waals surface area contributed by atoms with Crippen LogP contribution in [-0.4, -0.2) is 11.0 Å². The minimum atomic E-state index is 0.252. The van der Waals surface area contributed by atoms with Gasteiger partial charge >= 0.3 is 0 Å². The van der Waals surface area contributed by atoms with Gasteiger partial charge < -0.3 is 10.3 Å². The Morgan fingerprint density at radius 3 is 2.77 bits per heavy atom. The van der Waals surface area contributed by atoms with E-state index in [-0.39, 0.29) is 5.54 Å². The van der Waals surface area contributed by atoms with Crippen molar-refractivity contribution >= 4 is 10.9 Å². The zero-order valence-corrected chi connectivity index (χ0v) is 14.0. The van der Waals surface area contributed by atoms with Crippen molar-refractivity contribution in [2.45, 2.75) is 76.8 Å². The Kier molecular flexibility index (Phi) is 3.53. The van der Waals surface area contributed by atoms with Crippen molar-refractivity contribution in [2.24, 2.45) is 0 Å². The van der Waals surface area contributed by atoms with Gasteiger partial charge in [-0.2, -0.15) is 0 Å². The van der Waals surface area contributed by atoms with Gasteiger partial charge in [-0.05, 0) is 70.1 Å². The summed E-state index contributed by atoms with van der Waals surface area (Å²) in [6, 6.07) is 7.70. The molecule has 1 fully saturated rings. The predicted octanol–water partition coefficient (Wildman–Crippen LogP) is 3.92. The SMILES string of the molecule is Cc1ccc2[nH]c3c(c2c1)CCC[C@@]3(C)[NH2+]C1CCCCC1. The van der Waals surface area contributed by atoms with E-state index in [0.717, 1.165) is 6.04 Å². The summed E-state index contributed by atoms with van der Waals surface area (Å²) >= 11 is 0. The van der Waals surface area contributed by atoms with Crippen LogP contribution in [0.5, 0.6) is 0 Å². The topological polar surface area (TPSA) is 32.4 Å². The Balaban J connectivity index is 1.72. The summed E-state index contributed by atoms with van der Waals surface area (Å²) in [7, 11) is 0. The lowest BCUT2D eigenvalue weighted by atomic mass is 9.80. The minimum Gasteiger partial charge on any atom is -0.353 e. The highest BCUT2D eigenvalue weighted by Crippen LogP contribution is 2.37. The van der Waals surface area contributed by atoms with Gasteiger partial charge in [0.05, 0.1) is 11.7 Å². The molecular formula is C20H29N2+. The molecule has 1 heterocycles. The van der Waals surface area contributed by atoms with Crippen molar-refractivity contribution < 1.29 is 5.32 Å². The minimum absolute atomic E-state index is 0.252. The van der Waals surface area contributed by atoms with E-state index in [4.69, 9.17) is 0 Å². The number of aryl methyl sites for hydroxylation is 2. The van der Waals surface area contributed by atoms with Crippen molar-refractivity contribution in [3.05, 3.63) is 35.0 Å². The van der Waals surface area contributed by atoms with Gasteiger partial charge in [-0.25, -0.2) is 0 Å². The summed E-state index contributed by atoms with van der Waals surface area (Å²) in [5, 5.41) is 4.19. The molecule has 0 amide bonds. The number of aromatic nitrogens is 1. The Bertz CT molecular complexity index is 678. The third kappa shape index (κ3) is 2.38. The van der Waals surface area contributed by atoms with Gasteiger partial charge in [-0.1, -0.05) is 18.1 Å². The van der Waals surface area contributed by atoms with E-state index < -0.39 is 0 Å². The molecule has 1 saturated carbocycles. The molecule has 2 aromatic rings. The van der Waals surface area contributed by atoms with Crippen molar-refractivity contribution in [2.75, 3.05) is 0 Å². The third-order valence-electron chi connectivity index (χ3n) is 6.01. The molecule has 0 unspecified atom stereocenters. The summed E-state index contributed by atoms with van der Waals surface area (Å²) < 4.78 is 0. The highest BCUT2D eigenvalue weighted by molar-refractivity contribution is 5.86. The van der Waals surface area contributed by atoms with Crippen molar-refractivity contribution in [1.29, 1.82) is 0 Å². The summed E-state index contributed by atoms with van der Waals surface area (Å²) in [5.74, 6) is 0. The first-order chi connectivity index (χ1) is 10.7. The van der Waals surface area contributed by atoms with Crippen LogP contribution in [-0.2, 0) is 12.0 Å². The molecule has 0 bridgehead atoms. The van der Waals surface area contributed by atoms with Crippen molar-refractivity contribution in [3.63, 3.8) is 0 Å². The maximum atomic E-state index is 3.79. The highest BCUT2D eigenvalue weighted by atomic mass is 15.0. The molecule has 1 aromatic carbocycles. The number of quaternary nitrogens is 1. The van der Waals surface area contributed by atoms with Crippen molar-refractivity contribution in [3.8, 4) is 0 Å². The maximum absolute atomic E-state index is 3.79. The first kappa shape index (κ1) is 14.3. The van der Waals surface area contributed by atoms with Crippen LogP contribution in [0.2, 0.25) is 0 Å². The normalized spacial score (nSPS) is 26.3. The Morgan fingerprint density at radius 1 is 1.14 bits per heavy atom. The van der Waals surface area contributed by atoms with Crippen LogP contribution >= 0.6 is 0 Å². The molecule has 0 aliphatic heterocycles. The van der Waals surface area contributed by atoms with Gasteiger partial charge in [0.25, 0.3) is 0 Å². The summed E-state index contributed by atoms with van der Waals surface area (Å²) in [4.78, 5) is 3.79. The van der Waals surface area contributed by atoms with E-state index in [1.165, 1.54) is 73.5 Å². The quantitative estimate of drug-likeness (QED) is 0.842. The number of nitrogens with one attached hydrogen (secondary N) is 1. The number of nitrogens with two attached hydrogens (primary N) is 1. The van der Waals surface area contributed by atoms with Crippen LogP contribution in [0.1, 0.15) is 68.7 Å². The largest absolute Gasteiger partial charge is 0.353 e. The van der Waals surface area contributed by atoms with Gasteiger partial charge in [0, 0.05) is 17.3 Å².